The maximum Gasteiger partial charge on any atom is 0.243 e. The number of aryl methyl sites for hydroxylation is 1. The summed E-state index contributed by atoms with van der Waals surface area (Å²) in [5.41, 5.74) is 8.27. The van der Waals surface area contributed by atoms with Gasteiger partial charge in [-0.3, -0.25) is 14.6 Å². The van der Waals surface area contributed by atoms with Crippen LogP contribution in [0.4, 0.5) is 0 Å². The first-order valence-corrected chi connectivity index (χ1v) is 12.1. The van der Waals surface area contributed by atoms with Crippen LogP contribution in [-0.2, 0) is 21.5 Å². The minimum atomic E-state index is -0.928. The molecule has 1 saturated heterocycles. The number of aliphatic hydroxyl groups is 2. The van der Waals surface area contributed by atoms with Crippen molar-refractivity contribution in [3.05, 3.63) is 47.2 Å². The van der Waals surface area contributed by atoms with Crippen molar-refractivity contribution in [2.24, 2.45) is 22.6 Å². The van der Waals surface area contributed by atoms with E-state index < -0.39 is 17.7 Å². The van der Waals surface area contributed by atoms with Gasteiger partial charge < -0.3 is 26.2 Å². The molecule has 1 aliphatic heterocycles. The van der Waals surface area contributed by atoms with E-state index in [1.54, 1.807) is 6.08 Å². The molecule has 1 aliphatic carbocycles. The predicted octanol–water partition coefficient (Wildman–Crippen LogP) is 1.47. The summed E-state index contributed by atoms with van der Waals surface area (Å²) in [5, 5.41) is 23.7. The van der Waals surface area contributed by atoms with E-state index in [0.717, 1.165) is 22.4 Å². The number of amides is 2. The average Bonchev–Trinajstić information content (AvgIpc) is 3.38. The second kappa shape index (κ2) is 10.7. The summed E-state index contributed by atoms with van der Waals surface area (Å²) in [6.45, 7) is 8.26. The first kappa shape index (κ1) is 25.9. The number of hydrogen-bond acceptors (Lipinski definition) is 6. The van der Waals surface area contributed by atoms with Crippen LogP contribution in [0.1, 0.15) is 57.2 Å². The van der Waals surface area contributed by atoms with E-state index in [2.05, 4.69) is 10.3 Å². The fourth-order valence-electron chi connectivity index (χ4n) is 4.92. The Labute approximate surface area is 201 Å². The lowest BCUT2D eigenvalue weighted by Crippen LogP contribution is -2.55. The highest BCUT2D eigenvalue weighted by atomic mass is 16.3. The van der Waals surface area contributed by atoms with Crippen molar-refractivity contribution in [2.75, 3.05) is 19.7 Å². The van der Waals surface area contributed by atoms with Gasteiger partial charge in [0.05, 0.1) is 24.0 Å². The molecule has 0 spiro atoms. The topological polar surface area (TPSA) is 128 Å². The molecule has 1 fully saturated rings. The standard InChI is InChI=1S/C26H38N4O4/c1-5-28-22(9-11-27)19-6-7-21-18(12-19)8-10-26(21,15-31)29-24(33)23-13-20(32)14-30(23)25(34)17(4)16(2)3/h6-7,9,11-12,16-17,20,23,31-32H,5,8,10,13-15,27H2,1-4H3,(H,29,33)/b11-9-,28-22?. The van der Waals surface area contributed by atoms with Crippen molar-refractivity contribution in [3.63, 3.8) is 0 Å². The van der Waals surface area contributed by atoms with E-state index in [-0.39, 0.29) is 43.2 Å². The van der Waals surface area contributed by atoms with Gasteiger partial charge in [-0.25, -0.2) is 0 Å². The molecule has 1 heterocycles. The van der Waals surface area contributed by atoms with Crippen LogP contribution < -0.4 is 11.1 Å². The largest absolute Gasteiger partial charge is 0.405 e. The Morgan fingerprint density at radius 1 is 1.35 bits per heavy atom. The Kier molecular flexibility index (Phi) is 8.15. The van der Waals surface area contributed by atoms with E-state index >= 15 is 0 Å². The van der Waals surface area contributed by atoms with Crippen LogP contribution in [0.25, 0.3) is 0 Å². The third kappa shape index (κ3) is 5.03. The highest BCUT2D eigenvalue weighted by Gasteiger charge is 2.45. The first-order valence-electron chi connectivity index (χ1n) is 12.1. The van der Waals surface area contributed by atoms with E-state index in [4.69, 9.17) is 5.73 Å². The van der Waals surface area contributed by atoms with Crippen molar-refractivity contribution >= 4 is 17.5 Å². The molecule has 1 aromatic carbocycles. The molecule has 8 heteroatoms. The number of aliphatic hydroxyl groups excluding tert-OH is 2. The summed E-state index contributed by atoms with van der Waals surface area (Å²) in [7, 11) is 0. The third-order valence-electron chi connectivity index (χ3n) is 7.21. The minimum Gasteiger partial charge on any atom is -0.405 e. The molecule has 2 aliphatic rings. The summed E-state index contributed by atoms with van der Waals surface area (Å²) < 4.78 is 0. The molecule has 2 amide bonds. The van der Waals surface area contributed by atoms with E-state index in [9.17, 15) is 19.8 Å². The molecule has 4 atom stereocenters. The quantitative estimate of drug-likeness (QED) is 0.428. The summed E-state index contributed by atoms with van der Waals surface area (Å²) in [6, 6.07) is 5.13. The SMILES string of the molecule is CCN=C(/C=C\N)c1ccc2c(c1)CCC2(CO)NC(=O)C1CC(O)CN1C(=O)C(C)C(C)C. The Morgan fingerprint density at radius 2 is 2.09 bits per heavy atom. The van der Waals surface area contributed by atoms with Crippen molar-refractivity contribution < 1.29 is 19.8 Å². The molecule has 0 bridgehead atoms. The molecule has 0 saturated carbocycles. The van der Waals surface area contributed by atoms with Gasteiger partial charge in [-0.1, -0.05) is 32.9 Å². The van der Waals surface area contributed by atoms with Crippen LogP contribution in [0.15, 0.2) is 35.5 Å². The van der Waals surface area contributed by atoms with Gasteiger partial charge in [-0.05, 0) is 60.7 Å². The summed E-state index contributed by atoms with van der Waals surface area (Å²) in [4.78, 5) is 32.4. The second-order valence-electron chi connectivity index (χ2n) is 9.75. The Bertz CT molecular complexity index is 974. The maximum absolute atomic E-state index is 13.4. The first-order chi connectivity index (χ1) is 16.2. The average molecular weight is 471 g/mol. The Hall–Kier alpha value is -2.71. The van der Waals surface area contributed by atoms with Crippen molar-refractivity contribution in [1.29, 1.82) is 0 Å². The molecule has 5 N–H and O–H groups in total. The van der Waals surface area contributed by atoms with Crippen LogP contribution in [0.2, 0.25) is 0 Å². The fourth-order valence-corrected chi connectivity index (χ4v) is 4.92. The van der Waals surface area contributed by atoms with E-state index in [0.29, 0.717) is 19.4 Å². The number of hydrogen-bond donors (Lipinski definition) is 4. The molecule has 3 rings (SSSR count). The Morgan fingerprint density at radius 3 is 2.71 bits per heavy atom. The molecule has 0 aromatic heterocycles. The summed E-state index contributed by atoms with van der Waals surface area (Å²) >= 11 is 0. The number of aliphatic imine (C=N–C) groups is 1. The molecular formula is C26H38N4O4. The van der Waals surface area contributed by atoms with Crippen LogP contribution >= 0.6 is 0 Å². The highest BCUT2D eigenvalue weighted by Crippen LogP contribution is 2.38. The lowest BCUT2D eigenvalue weighted by atomic mass is 9.90. The molecule has 4 unspecified atom stereocenters. The number of fused-ring (bicyclic) bond motifs is 1. The zero-order valence-corrected chi connectivity index (χ0v) is 20.6. The zero-order chi connectivity index (χ0) is 25.0. The van der Waals surface area contributed by atoms with Gasteiger partial charge in [0.2, 0.25) is 11.8 Å². The molecule has 186 valence electrons. The normalized spacial score (nSPS) is 25.7. The van der Waals surface area contributed by atoms with Gasteiger partial charge in [-0.2, -0.15) is 0 Å². The number of carbonyl (C=O) groups is 2. The van der Waals surface area contributed by atoms with Gasteiger partial charge in [0.25, 0.3) is 0 Å². The smallest absolute Gasteiger partial charge is 0.243 e. The number of likely N-dealkylation sites (tertiary alicyclic amines) is 1. The summed E-state index contributed by atoms with van der Waals surface area (Å²) in [6.07, 6.45) is 3.91. The number of benzene rings is 1. The van der Waals surface area contributed by atoms with Crippen LogP contribution in [0.5, 0.6) is 0 Å². The van der Waals surface area contributed by atoms with Gasteiger partial charge in [-0.15, -0.1) is 0 Å². The Balaban J connectivity index is 1.86. The van der Waals surface area contributed by atoms with Crippen molar-refractivity contribution in [2.45, 2.75) is 64.6 Å². The number of β-amino-alcohol motifs (C(OH)–C–C–N with tert-alkyl or cyclic N) is 1. The predicted molar refractivity (Wildman–Crippen MR) is 132 cm³/mol. The molecule has 1 aromatic rings. The van der Waals surface area contributed by atoms with Gasteiger partial charge in [0, 0.05) is 25.4 Å². The second-order valence-corrected chi connectivity index (χ2v) is 9.75. The number of nitrogens with one attached hydrogen (secondary N) is 1. The molecule has 0 radical (unpaired) electrons. The molecular weight excluding hydrogens is 432 g/mol. The van der Waals surface area contributed by atoms with Gasteiger partial charge in [0.15, 0.2) is 0 Å². The van der Waals surface area contributed by atoms with Gasteiger partial charge >= 0.3 is 0 Å². The monoisotopic (exact) mass is 470 g/mol. The molecule has 34 heavy (non-hydrogen) atoms. The van der Waals surface area contributed by atoms with Crippen LogP contribution in [0.3, 0.4) is 0 Å². The maximum atomic E-state index is 13.4. The number of allylic oxidation sites excluding steroid dienone is 1. The van der Waals surface area contributed by atoms with Crippen molar-refractivity contribution in [1.82, 2.24) is 10.2 Å². The van der Waals surface area contributed by atoms with Gasteiger partial charge in [0.1, 0.15) is 6.04 Å². The van der Waals surface area contributed by atoms with Crippen LogP contribution in [0, 0.1) is 11.8 Å². The number of carbonyl (C=O) groups excluding carboxylic acids is 2. The highest BCUT2D eigenvalue weighted by molar-refractivity contribution is 6.08. The zero-order valence-electron chi connectivity index (χ0n) is 20.6. The van der Waals surface area contributed by atoms with Crippen molar-refractivity contribution in [3.8, 4) is 0 Å². The fraction of sp³-hybridized carbons (Fsp3) is 0.577. The van der Waals surface area contributed by atoms with E-state index in [1.807, 2.05) is 45.9 Å². The minimum absolute atomic E-state index is 0.128. The molecule has 8 nitrogen and oxygen atoms in total. The lowest BCUT2D eigenvalue weighted by molar-refractivity contribution is -0.143. The number of nitrogens with two attached hydrogens (primary N) is 1. The lowest BCUT2D eigenvalue weighted by Gasteiger charge is -2.34. The van der Waals surface area contributed by atoms with Crippen LogP contribution in [-0.4, -0.2) is 64.5 Å². The number of nitrogens with zero attached hydrogens (tertiary/aromatic N) is 2. The summed E-state index contributed by atoms with van der Waals surface area (Å²) in [5.74, 6) is -0.591. The van der Waals surface area contributed by atoms with E-state index in [1.165, 1.54) is 11.1 Å². The number of rotatable bonds is 8. The third-order valence-corrected chi connectivity index (χ3v) is 7.21.